The van der Waals surface area contributed by atoms with E-state index in [1.807, 2.05) is 0 Å². The van der Waals surface area contributed by atoms with Gasteiger partial charge in [-0.15, -0.1) is 0 Å². The normalized spacial score (nSPS) is 17.0. The van der Waals surface area contributed by atoms with E-state index in [1.54, 1.807) is 0 Å². The number of halogens is 4. The van der Waals surface area contributed by atoms with Crippen molar-refractivity contribution in [2.75, 3.05) is 4.90 Å². The topological polar surface area (TPSA) is 62.6 Å². The van der Waals surface area contributed by atoms with Gasteiger partial charge < -0.3 is 4.42 Å². The van der Waals surface area contributed by atoms with E-state index in [0.29, 0.717) is 16.8 Å². The highest BCUT2D eigenvalue weighted by Crippen LogP contribution is 2.31. The summed E-state index contributed by atoms with van der Waals surface area (Å²) >= 11 is 10.8. The molecule has 0 atom stereocenters. The first-order chi connectivity index (χ1) is 12.2. The minimum Gasteiger partial charge on any atom is -0.452 e. The van der Waals surface area contributed by atoms with Gasteiger partial charge >= 0.3 is 6.18 Å². The number of hydrogen-bond donors (Lipinski definition) is 1. The molecule has 0 spiro atoms. The maximum Gasteiger partial charge on any atom is 0.449 e. The van der Waals surface area contributed by atoms with E-state index in [0.717, 1.165) is 17.0 Å². The second-order valence-corrected chi connectivity index (χ2v) is 5.96. The highest BCUT2D eigenvalue weighted by molar-refractivity contribution is 7.80. The van der Waals surface area contributed by atoms with Crippen LogP contribution in [-0.4, -0.2) is 16.9 Å². The third kappa shape index (κ3) is 3.49. The zero-order valence-corrected chi connectivity index (χ0v) is 14.2. The molecule has 0 radical (unpaired) electrons. The van der Waals surface area contributed by atoms with Crippen LogP contribution in [0, 0.1) is 0 Å². The number of carbonyl (C=O) groups is 2. The molecule has 0 unspecified atom stereocenters. The van der Waals surface area contributed by atoms with E-state index in [9.17, 15) is 22.8 Å². The molecule has 0 saturated carbocycles. The van der Waals surface area contributed by atoms with E-state index in [-0.39, 0.29) is 10.9 Å². The van der Waals surface area contributed by atoms with Crippen LogP contribution in [0.2, 0.25) is 5.02 Å². The van der Waals surface area contributed by atoms with Crippen LogP contribution in [0.4, 0.5) is 18.9 Å². The molecule has 1 N–H and O–H groups in total. The first-order valence-electron chi connectivity index (χ1n) is 7.01. The summed E-state index contributed by atoms with van der Waals surface area (Å²) in [5.41, 5.74) is -0.0812. The lowest BCUT2D eigenvalue weighted by molar-refractivity contribution is -0.153. The van der Waals surface area contributed by atoms with Crippen LogP contribution >= 0.6 is 23.8 Å². The summed E-state index contributed by atoms with van der Waals surface area (Å²) in [6.45, 7) is 0. The number of thiocarbonyl (C=S) groups is 1. The number of nitrogens with zero attached hydrogens (tertiary/aromatic N) is 1. The largest absolute Gasteiger partial charge is 0.452 e. The Balaban J connectivity index is 1.97. The Hall–Kier alpha value is -2.65. The molecule has 2 heterocycles. The zero-order chi connectivity index (χ0) is 19.1. The van der Waals surface area contributed by atoms with Crippen LogP contribution in [0.25, 0.3) is 6.08 Å². The standard InChI is InChI=1S/C16H8ClF3N2O3S/c17-8-1-3-9(4-2-8)22-14(24)11(13(23)21-15(22)26)7-10-5-6-12(25-10)16(18,19)20/h1-7H,(H,21,23,26). The van der Waals surface area contributed by atoms with Gasteiger partial charge in [0, 0.05) is 5.02 Å². The summed E-state index contributed by atoms with van der Waals surface area (Å²) in [7, 11) is 0. The number of hydrogen-bond acceptors (Lipinski definition) is 4. The number of carbonyl (C=O) groups excluding carboxylic acids is 2. The summed E-state index contributed by atoms with van der Waals surface area (Å²) in [4.78, 5) is 25.7. The molecule has 1 aromatic carbocycles. The van der Waals surface area contributed by atoms with E-state index >= 15 is 0 Å². The molecule has 2 aromatic rings. The van der Waals surface area contributed by atoms with Crippen molar-refractivity contribution < 1.29 is 27.2 Å². The Kier molecular flexibility index (Phi) is 4.59. The maximum absolute atomic E-state index is 12.7. The molecule has 1 aliphatic rings. The minimum absolute atomic E-state index is 0.158. The van der Waals surface area contributed by atoms with E-state index in [2.05, 4.69) is 9.73 Å². The van der Waals surface area contributed by atoms with E-state index in [1.165, 1.54) is 24.3 Å². The quantitative estimate of drug-likeness (QED) is 0.473. The Morgan fingerprint density at radius 1 is 1.12 bits per heavy atom. The number of rotatable bonds is 2. The average Bonchev–Trinajstić information content (AvgIpc) is 3.02. The molecule has 3 rings (SSSR count). The van der Waals surface area contributed by atoms with Gasteiger partial charge in [-0.1, -0.05) is 11.6 Å². The number of benzene rings is 1. The Morgan fingerprint density at radius 3 is 2.35 bits per heavy atom. The molecule has 1 aromatic heterocycles. The van der Waals surface area contributed by atoms with Crippen molar-refractivity contribution in [1.29, 1.82) is 0 Å². The van der Waals surface area contributed by atoms with Gasteiger partial charge in [0.2, 0.25) is 5.76 Å². The van der Waals surface area contributed by atoms with Crippen molar-refractivity contribution in [2.24, 2.45) is 0 Å². The summed E-state index contributed by atoms with van der Waals surface area (Å²) in [5, 5.41) is 2.59. The van der Waals surface area contributed by atoms with Crippen molar-refractivity contribution >= 4 is 52.5 Å². The molecule has 1 aliphatic heterocycles. The van der Waals surface area contributed by atoms with Crippen molar-refractivity contribution in [3.05, 3.63) is 58.5 Å². The van der Waals surface area contributed by atoms with Gasteiger partial charge in [-0.05, 0) is 54.7 Å². The SMILES string of the molecule is O=C1NC(=S)N(c2ccc(Cl)cc2)C(=O)C1=Cc1ccc(C(F)(F)F)o1. The van der Waals surface area contributed by atoms with Gasteiger partial charge in [0.25, 0.3) is 11.8 Å². The third-order valence-electron chi connectivity index (χ3n) is 3.38. The fraction of sp³-hybridized carbons (Fsp3) is 0.0625. The Labute approximate surface area is 155 Å². The molecule has 0 aliphatic carbocycles. The second kappa shape index (κ2) is 6.58. The zero-order valence-electron chi connectivity index (χ0n) is 12.6. The van der Waals surface area contributed by atoms with Crippen LogP contribution in [-0.2, 0) is 15.8 Å². The Morgan fingerprint density at radius 2 is 1.77 bits per heavy atom. The number of alkyl halides is 3. The number of nitrogens with one attached hydrogen (secondary N) is 1. The molecule has 134 valence electrons. The van der Waals surface area contributed by atoms with Gasteiger partial charge in [-0.2, -0.15) is 13.2 Å². The predicted octanol–water partition coefficient (Wildman–Crippen LogP) is 3.78. The van der Waals surface area contributed by atoms with Gasteiger partial charge in [-0.25, -0.2) is 0 Å². The summed E-state index contributed by atoms with van der Waals surface area (Å²) < 4.78 is 42.4. The first-order valence-corrected chi connectivity index (χ1v) is 7.79. The molecule has 2 amide bonds. The predicted molar refractivity (Wildman–Crippen MR) is 91.4 cm³/mol. The van der Waals surface area contributed by atoms with Crippen LogP contribution in [0.15, 0.2) is 46.4 Å². The summed E-state index contributed by atoms with van der Waals surface area (Å²) in [6.07, 6.45) is -3.75. The summed E-state index contributed by atoms with van der Waals surface area (Å²) in [5.74, 6) is -3.17. The second-order valence-electron chi connectivity index (χ2n) is 5.13. The smallest absolute Gasteiger partial charge is 0.449 e. The lowest BCUT2D eigenvalue weighted by Crippen LogP contribution is -2.54. The van der Waals surface area contributed by atoms with Crippen LogP contribution in [0.1, 0.15) is 11.5 Å². The van der Waals surface area contributed by atoms with Gasteiger partial charge in [0.1, 0.15) is 11.3 Å². The maximum atomic E-state index is 12.7. The number of furan rings is 1. The fourth-order valence-corrected chi connectivity index (χ4v) is 2.61. The molecular weight excluding hydrogens is 393 g/mol. The van der Waals surface area contributed by atoms with Crippen molar-refractivity contribution in [3.63, 3.8) is 0 Å². The van der Waals surface area contributed by atoms with Crippen LogP contribution in [0.5, 0.6) is 0 Å². The third-order valence-corrected chi connectivity index (χ3v) is 3.92. The van der Waals surface area contributed by atoms with Crippen molar-refractivity contribution in [2.45, 2.75) is 6.18 Å². The van der Waals surface area contributed by atoms with Gasteiger partial charge in [-0.3, -0.25) is 19.8 Å². The first kappa shape index (κ1) is 18.2. The fourth-order valence-electron chi connectivity index (χ4n) is 2.21. The van der Waals surface area contributed by atoms with E-state index < -0.39 is 29.3 Å². The highest BCUT2D eigenvalue weighted by atomic mass is 35.5. The lowest BCUT2D eigenvalue weighted by atomic mass is 10.1. The molecule has 10 heteroatoms. The van der Waals surface area contributed by atoms with Crippen LogP contribution < -0.4 is 10.2 Å². The lowest BCUT2D eigenvalue weighted by Gasteiger charge is -2.28. The van der Waals surface area contributed by atoms with Crippen molar-refractivity contribution in [1.82, 2.24) is 5.32 Å². The molecule has 1 fully saturated rings. The molecule has 1 saturated heterocycles. The van der Waals surface area contributed by atoms with E-state index in [4.69, 9.17) is 23.8 Å². The Bertz CT molecular complexity index is 935. The van der Waals surface area contributed by atoms with Crippen LogP contribution in [0.3, 0.4) is 0 Å². The number of amides is 2. The average molecular weight is 401 g/mol. The monoisotopic (exact) mass is 400 g/mol. The highest BCUT2D eigenvalue weighted by Gasteiger charge is 2.36. The molecular formula is C16H8ClF3N2O3S. The molecule has 0 bridgehead atoms. The van der Waals surface area contributed by atoms with Crippen molar-refractivity contribution in [3.8, 4) is 0 Å². The van der Waals surface area contributed by atoms with Gasteiger partial charge in [0.05, 0.1) is 5.69 Å². The minimum atomic E-state index is -4.67. The molecule has 5 nitrogen and oxygen atoms in total. The van der Waals surface area contributed by atoms with Gasteiger partial charge in [0.15, 0.2) is 5.11 Å². The molecule has 26 heavy (non-hydrogen) atoms. The summed E-state index contributed by atoms with van der Waals surface area (Å²) in [6, 6.07) is 7.78. The number of anilines is 1.